The Hall–Kier alpha value is -2.04. The molecule has 2 rings (SSSR count). The van der Waals surface area contributed by atoms with Gasteiger partial charge in [0.05, 0.1) is 5.92 Å². The van der Waals surface area contributed by atoms with E-state index in [4.69, 9.17) is 5.73 Å². The van der Waals surface area contributed by atoms with Crippen molar-refractivity contribution in [3.05, 3.63) is 29.8 Å². The van der Waals surface area contributed by atoms with Crippen LogP contribution >= 0.6 is 0 Å². The topological polar surface area (TPSA) is 66.6 Å². The van der Waals surface area contributed by atoms with Crippen molar-refractivity contribution in [2.45, 2.75) is 12.8 Å². The molecule has 1 fully saturated rings. The zero-order valence-electron chi connectivity index (χ0n) is 12.0. The van der Waals surface area contributed by atoms with Crippen LogP contribution in [0.25, 0.3) is 0 Å². The molecule has 0 aliphatic carbocycles. The van der Waals surface area contributed by atoms with Gasteiger partial charge in [0.1, 0.15) is 0 Å². The first-order valence-corrected chi connectivity index (χ1v) is 6.85. The molecule has 0 bridgehead atoms. The van der Waals surface area contributed by atoms with Gasteiger partial charge in [-0.1, -0.05) is 6.07 Å². The smallest absolute Gasteiger partial charge is 0.253 e. The average Bonchev–Trinajstić information content (AvgIpc) is 2.46. The van der Waals surface area contributed by atoms with Crippen molar-refractivity contribution in [2.24, 2.45) is 11.7 Å². The van der Waals surface area contributed by atoms with E-state index < -0.39 is 0 Å². The third-order valence-electron chi connectivity index (χ3n) is 3.72. The number of piperidine rings is 1. The van der Waals surface area contributed by atoms with E-state index >= 15 is 0 Å². The summed E-state index contributed by atoms with van der Waals surface area (Å²) in [5, 5.41) is 0. The standard InChI is InChI=1S/C15H21N3O2/c1-17(2)13-7-3-5-11(9-13)15(20)18-8-4-6-12(10-18)14(16)19/h3,5,7,9,12H,4,6,8,10H2,1-2H3,(H2,16,19). The van der Waals surface area contributed by atoms with E-state index in [2.05, 4.69) is 0 Å². The average molecular weight is 275 g/mol. The van der Waals surface area contributed by atoms with Crippen molar-refractivity contribution < 1.29 is 9.59 Å². The van der Waals surface area contributed by atoms with Crippen molar-refractivity contribution in [3.8, 4) is 0 Å². The molecule has 1 unspecified atom stereocenters. The molecule has 0 spiro atoms. The monoisotopic (exact) mass is 275 g/mol. The number of rotatable bonds is 3. The highest BCUT2D eigenvalue weighted by Crippen LogP contribution is 2.20. The zero-order chi connectivity index (χ0) is 14.7. The van der Waals surface area contributed by atoms with E-state index in [0.29, 0.717) is 18.7 Å². The van der Waals surface area contributed by atoms with Crippen LogP contribution in [0.1, 0.15) is 23.2 Å². The number of carbonyl (C=O) groups is 2. The third kappa shape index (κ3) is 3.10. The number of amides is 2. The van der Waals surface area contributed by atoms with Crippen LogP contribution < -0.4 is 10.6 Å². The first kappa shape index (κ1) is 14.4. The lowest BCUT2D eigenvalue weighted by Crippen LogP contribution is -2.44. The molecule has 2 amide bonds. The summed E-state index contributed by atoms with van der Waals surface area (Å²) in [5.74, 6) is -0.561. The Morgan fingerprint density at radius 3 is 2.75 bits per heavy atom. The van der Waals surface area contributed by atoms with Gasteiger partial charge in [-0.2, -0.15) is 0 Å². The molecule has 2 N–H and O–H groups in total. The molecule has 0 radical (unpaired) electrons. The summed E-state index contributed by atoms with van der Waals surface area (Å²) in [6.45, 7) is 1.12. The Morgan fingerprint density at radius 1 is 1.35 bits per heavy atom. The molecule has 1 aromatic rings. The molecular weight excluding hydrogens is 254 g/mol. The minimum Gasteiger partial charge on any atom is -0.378 e. The fourth-order valence-corrected chi connectivity index (χ4v) is 2.49. The van der Waals surface area contributed by atoms with Crippen LogP contribution in [0.3, 0.4) is 0 Å². The maximum Gasteiger partial charge on any atom is 0.253 e. The molecule has 0 saturated carbocycles. The van der Waals surface area contributed by atoms with E-state index in [1.807, 2.05) is 43.3 Å². The van der Waals surface area contributed by atoms with E-state index in [0.717, 1.165) is 18.5 Å². The largest absolute Gasteiger partial charge is 0.378 e. The van der Waals surface area contributed by atoms with Crippen molar-refractivity contribution >= 4 is 17.5 Å². The zero-order valence-corrected chi connectivity index (χ0v) is 12.0. The van der Waals surface area contributed by atoms with Gasteiger partial charge in [0, 0.05) is 38.4 Å². The van der Waals surface area contributed by atoms with E-state index in [1.54, 1.807) is 4.90 Å². The molecule has 5 heteroatoms. The quantitative estimate of drug-likeness (QED) is 0.898. The summed E-state index contributed by atoms with van der Waals surface area (Å²) < 4.78 is 0. The molecule has 1 saturated heterocycles. The van der Waals surface area contributed by atoms with Gasteiger partial charge in [-0.15, -0.1) is 0 Å². The predicted molar refractivity (Wildman–Crippen MR) is 78.6 cm³/mol. The van der Waals surface area contributed by atoms with Crippen LogP contribution in [0.4, 0.5) is 5.69 Å². The summed E-state index contributed by atoms with van der Waals surface area (Å²) in [4.78, 5) is 27.5. The summed E-state index contributed by atoms with van der Waals surface area (Å²) in [6, 6.07) is 7.51. The fraction of sp³-hybridized carbons (Fsp3) is 0.467. The molecule has 108 valence electrons. The number of likely N-dealkylation sites (tertiary alicyclic amines) is 1. The van der Waals surface area contributed by atoms with Gasteiger partial charge in [0.2, 0.25) is 5.91 Å². The Bertz CT molecular complexity index is 514. The second-order valence-corrected chi connectivity index (χ2v) is 5.44. The van der Waals surface area contributed by atoms with Crippen molar-refractivity contribution in [2.75, 3.05) is 32.1 Å². The first-order chi connectivity index (χ1) is 9.49. The van der Waals surface area contributed by atoms with Gasteiger partial charge in [0.25, 0.3) is 5.91 Å². The molecule has 1 atom stereocenters. The lowest BCUT2D eigenvalue weighted by molar-refractivity contribution is -0.123. The van der Waals surface area contributed by atoms with Gasteiger partial charge < -0.3 is 15.5 Å². The molecular formula is C15H21N3O2. The van der Waals surface area contributed by atoms with Crippen LogP contribution in [0.2, 0.25) is 0 Å². The normalized spacial score (nSPS) is 18.7. The number of nitrogens with two attached hydrogens (primary N) is 1. The lowest BCUT2D eigenvalue weighted by Gasteiger charge is -2.31. The van der Waals surface area contributed by atoms with Gasteiger partial charge in [-0.05, 0) is 31.0 Å². The first-order valence-electron chi connectivity index (χ1n) is 6.85. The summed E-state index contributed by atoms with van der Waals surface area (Å²) in [7, 11) is 3.88. The summed E-state index contributed by atoms with van der Waals surface area (Å²) >= 11 is 0. The van der Waals surface area contributed by atoms with Crippen LogP contribution in [0, 0.1) is 5.92 Å². The van der Waals surface area contributed by atoms with Gasteiger partial charge in [0.15, 0.2) is 0 Å². The Balaban J connectivity index is 2.14. The highest BCUT2D eigenvalue weighted by atomic mass is 16.2. The van der Waals surface area contributed by atoms with Gasteiger partial charge in [-0.25, -0.2) is 0 Å². The van der Waals surface area contributed by atoms with Crippen molar-refractivity contribution in [3.63, 3.8) is 0 Å². The second-order valence-electron chi connectivity index (χ2n) is 5.44. The number of nitrogens with zero attached hydrogens (tertiary/aromatic N) is 2. The van der Waals surface area contributed by atoms with Crippen LogP contribution in [0.15, 0.2) is 24.3 Å². The maximum atomic E-state index is 12.5. The maximum absolute atomic E-state index is 12.5. The molecule has 1 aliphatic rings. The summed E-state index contributed by atoms with van der Waals surface area (Å²) in [6.07, 6.45) is 1.60. The molecule has 1 aromatic carbocycles. The Labute approximate surface area is 119 Å². The number of hydrogen-bond acceptors (Lipinski definition) is 3. The number of carbonyl (C=O) groups excluding carboxylic acids is 2. The van der Waals surface area contributed by atoms with Gasteiger partial charge >= 0.3 is 0 Å². The number of primary amides is 1. The van der Waals surface area contributed by atoms with Crippen molar-refractivity contribution in [1.29, 1.82) is 0 Å². The number of hydrogen-bond donors (Lipinski definition) is 1. The van der Waals surface area contributed by atoms with Crippen LogP contribution in [-0.2, 0) is 4.79 Å². The highest BCUT2D eigenvalue weighted by molar-refractivity contribution is 5.95. The van der Waals surface area contributed by atoms with Crippen LogP contribution in [0.5, 0.6) is 0 Å². The second kappa shape index (κ2) is 5.94. The number of benzene rings is 1. The SMILES string of the molecule is CN(C)c1cccc(C(=O)N2CCCC(C(N)=O)C2)c1. The molecule has 1 heterocycles. The van der Waals surface area contributed by atoms with E-state index in [-0.39, 0.29) is 17.7 Å². The van der Waals surface area contributed by atoms with Crippen LogP contribution in [-0.4, -0.2) is 43.9 Å². The third-order valence-corrected chi connectivity index (χ3v) is 3.72. The fourth-order valence-electron chi connectivity index (χ4n) is 2.49. The predicted octanol–water partition coefficient (Wildman–Crippen LogP) is 1.09. The minimum absolute atomic E-state index is 0.0281. The lowest BCUT2D eigenvalue weighted by atomic mass is 9.97. The van der Waals surface area contributed by atoms with E-state index in [9.17, 15) is 9.59 Å². The Kier molecular flexibility index (Phi) is 4.27. The van der Waals surface area contributed by atoms with E-state index in [1.165, 1.54) is 0 Å². The molecule has 0 aromatic heterocycles. The summed E-state index contributed by atoms with van der Waals surface area (Å²) in [5.41, 5.74) is 6.99. The molecule has 20 heavy (non-hydrogen) atoms. The minimum atomic E-state index is -0.315. The number of anilines is 1. The van der Waals surface area contributed by atoms with Crippen molar-refractivity contribution in [1.82, 2.24) is 4.90 Å². The van der Waals surface area contributed by atoms with Gasteiger partial charge in [-0.3, -0.25) is 9.59 Å². The molecule has 1 aliphatic heterocycles. The highest BCUT2D eigenvalue weighted by Gasteiger charge is 2.27. The Morgan fingerprint density at radius 2 is 2.10 bits per heavy atom. The molecule has 5 nitrogen and oxygen atoms in total.